The Morgan fingerprint density at radius 1 is 1.46 bits per heavy atom. The highest BCUT2D eigenvalue weighted by molar-refractivity contribution is 9.10. The van der Waals surface area contributed by atoms with Crippen molar-refractivity contribution in [2.75, 3.05) is 6.54 Å². The smallest absolute Gasteiger partial charge is 0.113 e. The van der Waals surface area contributed by atoms with Crippen molar-refractivity contribution in [3.8, 4) is 0 Å². The first-order valence-corrected chi connectivity index (χ1v) is 5.10. The molecule has 1 aromatic carbocycles. The summed E-state index contributed by atoms with van der Waals surface area (Å²) in [6.07, 6.45) is 0.379. The molecule has 0 aromatic heterocycles. The lowest BCUT2D eigenvalue weighted by Crippen LogP contribution is -2.15. The van der Waals surface area contributed by atoms with Gasteiger partial charge in [-0.05, 0) is 30.5 Å². The van der Waals surface area contributed by atoms with Gasteiger partial charge in [0.15, 0.2) is 0 Å². The van der Waals surface area contributed by atoms with Gasteiger partial charge in [-0.2, -0.15) is 0 Å². The molecule has 0 aliphatic heterocycles. The maximum Gasteiger partial charge on any atom is 0.113 e. The van der Waals surface area contributed by atoms with Gasteiger partial charge in [0.25, 0.3) is 0 Å². The van der Waals surface area contributed by atoms with Gasteiger partial charge in [-0.3, -0.25) is 0 Å². The molecule has 0 fully saturated rings. The number of hydrogen-bond acceptors (Lipinski definition) is 1. The Bertz CT molecular complexity index is 265. The van der Waals surface area contributed by atoms with Crippen molar-refractivity contribution in [3.05, 3.63) is 34.3 Å². The van der Waals surface area contributed by atoms with Crippen LogP contribution in [0.3, 0.4) is 0 Å². The molecule has 1 unspecified atom stereocenters. The Kier molecular flexibility index (Phi) is 4.39. The molecule has 0 radical (unpaired) electrons. The lowest BCUT2D eigenvalue weighted by Gasteiger charge is -2.04. The summed E-state index contributed by atoms with van der Waals surface area (Å²) in [5.74, 6) is 0. The van der Waals surface area contributed by atoms with Crippen LogP contribution in [0, 0.1) is 0 Å². The van der Waals surface area contributed by atoms with Gasteiger partial charge in [-0.15, -0.1) is 0 Å². The van der Waals surface area contributed by atoms with Crippen LogP contribution in [-0.2, 0) is 6.42 Å². The van der Waals surface area contributed by atoms with Gasteiger partial charge in [0.05, 0.1) is 0 Å². The van der Waals surface area contributed by atoms with E-state index in [1.54, 1.807) is 0 Å². The van der Waals surface area contributed by atoms with Crippen LogP contribution in [0.5, 0.6) is 0 Å². The zero-order chi connectivity index (χ0) is 9.68. The summed E-state index contributed by atoms with van der Waals surface area (Å²) in [5, 5.41) is 0. The van der Waals surface area contributed by atoms with Crippen LogP contribution in [0.2, 0.25) is 0 Å². The summed E-state index contributed by atoms with van der Waals surface area (Å²) in [5.41, 5.74) is 6.33. The number of aryl methyl sites for hydroxylation is 1. The third kappa shape index (κ3) is 3.87. The minimum Gasteiger partial charge on any atom is -0.328 e. The molecule has 0 bridgehead atoms. The predicted molar refractivity (Wildman–Crippen MR) is 56.4 cm³/mol. The van der Waals surface area contributed by atoms with Crippen molar-refractivity contribution in [2.45, 2.75) is 19.0 Å². The Morgan fingerprint density at radius 3 is 2.85 bits per heavy atom. The van der Waals surface area contributed by atoms with E-state index < -0.39 is 6.17 Å². The topological polar surface area (TPSA) is 26.0 Å². The SMILES string of the molecule is NCC(F)CCc1cccc(Br)c1. The molecule has 0 aliphatic rings. The molecular formula is C10H13BrFN. The summed E-state index contributed by atoms with van der Waals surface area (Å²) in [6.45, 7) is 0.119. The van der Waals surface area contributed by atoms with Gasteiger partial charge in [-0.25, -0.2) is 4.39 Å². The molecule has 1 aromatic rings. The van der Waals surface area contributed by atoms with Crippen molar-refractivity contribution >= 4 is 15.9 Å². The highest BCUT2D eigenvalue weighted by atomic mass is 79.9. The van der Waals surface area contributed by atoms with Crippen LogP contribution in [0.1, 0.15) is 12.0 Å². The molecule has 0 heterocycles. The Morgan fingerprint density at radius 2 is 2.23 bits per heavy atom. The van der Waals surface area contributed by atoms with Gasteiger partial charge < -0.3 is 5.73 Å². The monoisotopic (exact) mass is 245 g/mol. The van der Waals surface area contributed by atoms with Crippen molar-refractivity contribution in [3.63, 3.8) is 0 Å². The van der Waals surface area contributed by atoms with Crippen LogP contribution in [0.4, 0.5) is 4.39 Å². The molecular weight excluding hydrogens is 233 g/mol. The standard InChI is InChI=1S/C10H13BrFN/c11-9-3-1-2-8(6-9)4-5-10(12)7-13/h1-3,6,10H,4-5,7,13H2. The largest absolute Gasteiger partial charge is 0.328 e. The van der Waals surface area contributed by atoms with E-state index in [9.17, 15) is 4.39 Å². The number of halogens is 2. The van der Waals surface area contributed by atoms with E-state index in [2.05, 4.69) is 15.9 Å². The summed E-state index contributed by atoms with van der Waals surface area (Å²) in [7, 11) is 0. The van der Waals surface area contributed by atoms with Crippen molar-refractivity contribution < 1.29 is 4.39 Å². The van der Waals surface area contributed by atoms with Crippen molar-refractivity contribution in [1.82, 2.24) is 0 Å². The van der Waals surface area contributed by atoms with Crippen LogP contribution < -0.4 is 5.73 Å². The van der Waals surface area contributed by atoms with E-state index >= 15 is 0 Å². The van der Waals surface area contributed by atoms with E-state index in [1.165, 1.54) is 0 Å². The first kappa shape index (κ1) is 10.7. The zero-order valence-electron chi connectivity index (χ0n) is 7.34. The van der Waals surface area contributed by atoms with Gasteiger partial charge >= 0.3 is 0 Å². The van der Waals surface area contributed by atoms with Crippen LogP contribution >= 0.6 is 15.9 Å². The van der Waals surface area contributed by atoms with E-state index in [1.807, 2.05) is 24.3 Å². The van der Waals surface area contributed by atoms with E-state index in [0.717, 1.165) is 16.5 Å². The van der Waals surface area contributed by atoms with Crippen LogP contribution in [0.15, 0.2) is 28.7 Å². The normalized spacial score (nSPS) is 12.8. The third-order valence-corrected chi connectivity index (χ3v) is 2.38. The quantitative estimate of drug-likeness (QED) is 0.868. The molecule has 0 saturated carbocycles. The fourth-order valence-corrected chi connectivity index (χ4v) is 1.58. The molecule has 1 nitrogen and oxygen atoms in total. The summed E-state index contributed by atoms with van der Waals surface area (Å²) < 4.78 is 13.8. The zero-order valence-corrected chi connectivity index (χ0v) is 8.93. The second kappa shape index (κ2) is 5.35. The van der Waals surface area contributed by atoms with E-state index in [0.29, 0.717) is 6.42 Å². The molecule has 1 rings (SSSR count). The highest BCUT2D eigenvalue weighted by Crippen LogP contribution is 2.14. The molecule has 0 amide bonds. The van der Waals surface area contributed by atoms with Gasteiger partial charge in [0.2, 0.25) is 0 Å². The molecule has 2 N–H and O–H groups in total. The number of hydrogen-bond donors (Lipinski definition) is 1. The Balaban J connectivity index is 2.45. The Labute approximate surface area is 86.3 Å². The van der Waals surface area contributed by atoms with E-state index in [-0.39, 0.29) is 6.54 Å². The molecule has 0 aliphatic carbocycles. The molecule has 13 heavy (non-hydrogen) atoms. The molecule has 3 heteroatoms. The predicted octanol–water partition coefficient (Wildman–Crippen LogP) is 2.68. The molecule has 0 spiro atoms. The number of alkyl halides is 1. The average Bonchev–Trinajstić information content (AvgIpc) is 2.14. The van der Waals surface area contributed by atoms with Gasteiger partial charge in [0.1, 0.15) is 6.17 Å². The fraction of sp³-hybridized carbons (Fsp3) is 0.400. The van der Waals surface area contributed by atoms with Crippen LogP contribution in [0.25, 0.3) is 0 Å². The third-order valence-electron chi connectivity index (χ3n) is 1.89. The second-order valence-electron chi connectivity index (χ2n) is 3.00. The first-order valence-electron chi connectivity index (χ1n) is 4.31. The summed E-state index contributed by atoms with van der Waals surface area (Å²) in [4.78, 5) is 0. The molecule has 72 valence electrons. The minimum absolute atomic E-state index is 0.119. The van der Waals surface area contributed by atoms with Gasteiger partial charge in [0, 0.05) is 11.0 Å². The highest BCUT2D eigenvalue weighted by Gasteiger charge is 2.03. The molecule has 0 saturated heterocycles. The summed E-state index contributed by atoms with van der Waals surface area (Å²) in [6, 6.07) is 7.91. The van der Waals surface area contributed by atoms with Gasteiger partial charge in [-0.1, -0.05) is 28.1 Å². The maximum absolute atomic E-state index is 12.8. The van der Waals surface area contributed by atoms with Crippen LogP contribution in [-0.4, -0.2) is 12.7 Å². The second-order valence-corrected chi connectivity index (χ2v) is 3.92. The van der Waals surface area contributed by atoms with Crippen molar-refractivity contribution in [2.24, 2.45) is 5.73 Å². The number of rotatable bonds is 4. The number of nitrogens with two attached hydrogens (primary N) is 1. The average molecular weight is 246 g/mol. The number of benzene rings is 1. The lowest BCUT2D eigenvalue weighted by atomic mass is 10.1. The van der Waals surface area contributed by atoms with Crippen molar-refractivity contribution in [1.29, 1.82) is 0 Å². The summed E-state index contributed by atoms with van der Waals surface area (Å²) >= 11 is 3.37. The molecule has 1 atom stereocenters. The first-order chi connectivity index (χ1) is 6.22. The maximum atomic E-state index is 12.8. The Hall–Kier alpha value is -0.410. The fourth-order valence-electron chi connectivity index (χ4n) is 1.13. The van der Waals surface area contributed by atoms with E-state index in [4.69, 9.17) is 5.73 Å². The lowest BCUT2D eigenvalue weighted by molar-refractivity contribution is 0.323. The minimum atomic E-state index is -0.876.